The molecule has 0 spiro atoms. The molecule has 1 fully saturated rings. The van der Waals surface area contributed by atoms with Crippen molar-refractivity contribution in [1.82, 2.24) is 20.2 Å². The van der Waals surface area contributed by atoms with Gasteiger partial charge in [-0.2, -0.15) is 0 Å². The molecule has 1 aliphatic rings. The first-order valence-electron chi connectivity index (χ1n) is 10.6. The molecule has 0 bridgehead atoms. The van der Waals surface area contributed by atoms with Gasteiger partial charge >= 0.3 is 0 Å². The van der Waals surface area contributed by atoms with E-state index in [0.29, 0.717) is 29.2 Å². The van der Waals surface area contributed by atoms with Gasteiger partial charge < -0.3 is 15.5 Å². The number of amides is 1. The van der Waals surface area contributed by atoms with Gasteiger partial charge in [-0.1, -0.05) is 18.6 Å². The van der Waals surface area contributed by atoms with E-state index < -0.39 is 0 Å². The summed E-state index contributed by atoms with van der Waals surface area (Å²) in [6.07, 6.45) is 5.24. The quantitative estimate of drug-likeness (QED) is 0.599. The third kappa shape index (κ3) is 5.86. The summed E-state index contributed by atoms with van der Waals surface area (Å²) in [6.45, 7) is 3.80. The number of aromatic nitrogens is 2. The number of halogens is 1. The molecule has 2 heterocycles. The van der Waals surface area contributed by atoms with Crippen LogP contribution in [0.25, 0.3) is 11.3 Å². The number of piperidine rings is 1. The summed E-state index contributed by atoms with van der Waals surface area (Å²) in [6, 6.07) is 15.3. The zero-order valence-corrected chi connectivity index (χ0v) is 17.4. The molecule has 160 valence electrons. The Balaban J connectivity index is 1.33. The molecule has 0 saturated carbocycles. The van der Waals surface area contributed by atoms with Crippen molar-refractivity contribution < 1.29 is 9.18 Å². The van der Waals surface area contributed by atoms with Gasteiger partial charge in [0, 0.05) is 36.0 Å². The van der Waals surface area contributed by atoms with E-state index in [-0.39, 0.29) is 11.7 Å². The number of likely N-dealkylation sites (tertiary alicyclic amines) is 1. The number of anilines is 2. The van der Waals surface area contributed by atoms with Gasteiger partial charge in [0.05, 0.1) is 5.69 Å². The summed E-state index contributed by atoms with van der Waals surface area (Å²) < 4.78 is 13.5. The smallest absolute Gasteiger partial charge is 0.251 e. The zero-order chi connectivity index (χ0) is 21.5. The van der Waals surface area contributed by atoms with Gasteiger partial charge in [-0.3, -0.25) is 4.79 Å². The van der Waals surface area contributed by atoms with Gasteiger partial charge in [0.15, 0.2) is 0 Å². The van der Waals surface area contributed by atoms with Crippen LogP contribution in [0.1, 0.15) is 29.6 Å². The molecule has 6 nitrogen and oxygen atoms in total. The van der Waals surface area contributed by atoms with Crippen LogP contribution < -0.4 is 10.6 Å². The SMILES string of the molecule is O=C(NCCN1CCCCC1)c1ccc(Nc2cc(-c3cccc(F)c3)ncn2)cc1. The lowest BCUT2D eigenvalue weighted by atomic mass is 10.1. The number of nitrogens with zero attached hydrogens (tertiary/aromatic N) is 3. The van der Waals surface area contributed by atoms with Crippen LogP contribution in [0.3, 0.4) is 0 Å². The first-order chi connectivity index (χ1) is 15.2. The summed E-state index contributed by atoms with van der Waals surface area (Å²) in [5.41, 5.74) is 2.73. The summed E-state index contributed by atoms with van der Waals surface area (Å²) in [4.78, 5) is 23.2. The van der Waals surface area contributed by atoms with E-state index in [1.807, 2.05) is 12.1 Å². The van der Waals surface area contributed by atoms with Gasteiger partial charge in [0.2, 0.25) is 0 Å². The second-order valence-corrected chi connectivity index (χ2v) is 7.66. The van der Waals surface area contributed by atoms with Crippen LogP contribution in [0.15, 0.2) is 60.9 Å². The molecule has 7 heteroatoms. The fourth-order valence-electron chi connectivity index (χ4n) is 3.70. The maximum atomic E-state index is 13.5. The van der Waals surface area contributed by atoms with Crippen molar-refractivity contribution in [3.05, 3.63) is 72.3 Å². The second-order valence-electron chi connectivity index (χ2n) is 7.66. The Kier molecular flexibility index (Phi) is 6.84. The highest BCUT2D eigenvalue weighted by Crippen LogP contribution is 2.22. The fraction of sp³-hybridized carbons (Fsp3) is 0.292. The standard InChI is InChI=1S/C24H26FN5O/c25-20-6-4-5-19(15-20)22-16-23(28-17-27-22)29-21-9-7-18(8-10-21)24(31)26-11-14-30-12-2-1-3-13-30/h4-10,15-17H,1-3,11-14H2,(H,26,31)(H,27,28,29). The molecular formula is C24H26FN5O. The Bertz CT molecular complexity index is 1020. The van der Waals surface area contributed by atoms with Crippen LogP contribution in [-0.2, 0) is 0 Å². The van der Waals surface area contributed by atoms with E-state index in [2.05, 4.69) is 25.5 Å². The van der Waals surface area contributed by atoms with Crippen molar-refractivity contribution in [2.45, 2.75) is 19.3 Å². The van der Waals surface area contributed by atoms with Gasteiger partial charge in [0.1, 0.15) is 18.0 Å². The summed E-state index contributed by atoms with van der Waals surface area (Å²) >= 11 is 0. The third-order valence-electron chi connectivity index (χ3n) is 5.37. The average Bonchev–Trinajstić information content (AvgIpc) is 2.80. The topological polar surface area (TPSA) is 70.2 Å². The molecule has 0 aliphatic carbocycles. The van der Waals surface area contributed by atoms with Crippen molar-refractivity contribution in [2.24, 2.45) is 0 Å². The Morgan fingerprint density at radius 1 is 1.00 bits per heavy atom. The molecule has 2 aromatic carbocycles. The minimum atomic E-state index is -0.310. The molecule has 1 aliphatic heterocycles. The van der Waals surface area contributed by atoms with Crippen LogP contribution in [0.2, 0.25) is 0 Å². The van der Waals surface area contributed by atoms with E-state index in [1.165, 1.54) is 37.7 Å². The van der Waals surface area contributed by atoms with Gasteiger partial charge in [-0.05, 0) is 62.3 Å². The molecule has 4 rings (SSSR count). The number of carbonyl (C=O) groups is 1. The lowest BCUT2D eigenvalue weighted by Gasteiger charge is -2.26. The van der Waals surface area contributed by atoms with Crippen molar-refractivity contribution in [1.29, 1.82) is 0 Å². The predicted molar refractivity (Wildman–Crippen MR) is 120 cm³/mol. The highest BCUT2D eigenvalue weighted by Gasteiger charge is 2.11. The molecule has 1 aromatic heterocycles. The lowest BCUT2D eigenvalue weighted by Crippen LogP contribution is -2.37. The van der Waals surface area contributed by atoms with E-state index in [9.17, 15) is 9.18 Å². The molecule has 1 saturated heterocycles. The summed E-state index contributed by atoms with van der Waals surface area (Å²) in [5, 5.41) is 6.19. The molecular weight excluding hydrogens is 393 g/mol. The van der Waals surface area contributed by atoms with Crippen molar-refractivity contribution in [3.63, 3.8) is 0 Å². The predicted octanol–water partition coefficient (Wildman–Crippen LogP) is 4.24. The van der Waals surface area contributed by atoms with Crippen LogP contribution in [0.4, 0.5) is 15.9 Å². The van der Waals surface area contributed by atoms with E-state index in [4.69, 9.17) is 0 Å². The Morgan fingerprint density at radius 2 is 1.81 bits per heavy atom. The summed E-state index contributed by atoms with van der Waals surface area (Å²) in [5.74, 6) is 0.211. The number of hydrogen-bond acceptors (Lipinski definition) is 5. The maximum absolute atomic E-state index is 13.5. The number of rotatable bonds is 7. The Labute approximate surface area is 181 Å². The number of carbonyl (C=O) groups excluding carboxylic acids is 1. The molecule has 3 aromatic rings. The number of benzene rings is 2. The number of nitrogens with one attached hydrogen (secondary N) is 2. The first-order valence-corrected chi connectivity index (χ1v) is 10.6. The molecule has 2 N–H and O–H groups in total. The summed E-state index contributed by atoms with van der Waals surface area (Å²) in [7, 11) is 0. The minimum absolute atomic E-state index is 0.0704. The normalized spacial score (nSPS) is 14.2. The molecule has 0 atom stereocenters. The lowest BCUT2D eigenvalue weighted by molar-refractivity contribution is 0.0946. The van der Waals surface area contributed by atoms with Crippen LogP contribution in [-0.4, -0.2) is 47.0 Å². The third-order valence-corrected chi connectivity index (χ3v) is 5.37. The fourth-order valence-corrected chi connectivity index (χ4v) is 3.70. The number of hydrogen-bond donors (Lipinski definition) is 2. The van der Waals surface area contributed by atoms with Crippen molar-refractivity contribution in [2.75, 3.05) is 31.5 Å². The minimum Gasteiger partial charge on any atom is -0.351 e. The maximum Gasteiger partial charge on any atom is 0.251 e. The highest BCUT2D eigenvalue weighted by atomic mass is 19.1. The Hall–Kier alpha value is -3.32. The second kappa shape index (κ2) is 10.1. The van der Waals surface area contributed by atoms with E-state index in [0.717, 1.165) is 25.3 Å². The largest absolute Gasteiger partial charge is 0.351 e. The average molecular weight is 420 g/mol. The van der Waals surface area contributed by atoms with Gasteiger partial charge in [-0.15, -0.1) is 0 Å². The molecule has 0 unspecified atom stereocenters. The van der Waals surface area contributed by atoms with E-state index >= 15 is 0 Å². The molecule has 31 heavy (non-hydrogen) atoms. The van der Waals surface area contributed by atoms with Crippen LogP contribution in [0, 0.1) is 5.82 Å². The molecule has 1 amide bonds. The zero-order valence-electron chi connectivity index (χ0n) is 17.4. The molecule has 0 radical (unpaired) electrons. The Morgan fingerprint density at radius 3 is 2.58 bits per heavy atom. The van der Waals surface area contributed by atoms with Crippen molar-refractivity contribution in [3.8, 4) is 11.3 Å². The van der Waals surface area contributed by atoms with E-state index in [1.54, 1.807) is 30.3 Å². The monoisotopic (exact) mass is 419 g/mol. The van der Waals surface area contributed by atoms with Crippen molar-refractivity contribution >= 4 is 17.4 Å². The van der Waals surface area contributed by atoms with Gasteiger partial charge in [-0.25, -0.2) is 14.4 Å². The van der Waals surface area contributed by atoms with Crippen LogP contribution in [0.5, 0.6) is 0 Å². The van der Waals surface area contributed by atoms with Gasteiger partial charge in [0.25, 0.3) is 5.91 Å². The first kappa shape index (κ1) is 20.9. The van der Waals surface area contributed by atoms with Crippen LogP contribution >= 0.6 is 0 Å². The highest BCUT2D eigenvalue weighted by molar-refractivity contribution is 5.94.